The smallest absolute Gasteiger partial charge is 0.387 e. The van der Waals surface area contributed by atoms with Gasteiger partial charge in [-0.25, -0.2) is 4.79 Å². The van der Waals surface area contributed by atoms with Crippen LogP contribution >= 0.6 is 0 Å². The van der Waals surface area contributed by atoms with Gasteiger partial charge in [-0.2, -0.15) is 8.78 Å². The molecule has 1 aliphatic carbocycles. The van der Waals surface area contributed by atoms with Gasteiger partial charge in [0.2, 0.25) is 0 Å². The van der Waals surface area contributed by atoms with Gasteiger partial charge in [0.15, 0.2) is 12.7 Å². The highest BCUT2D eigenvalue weighted by atomic mass is 19.3. The molecule has 8 heteroatoms. The predicted octanol–water partition coefficient (Wildman–Crippen LogP) is 3.73. The van der Waals surface area contributed by atoms with Gasteiger partial charge in [-0.05, 0) is 61.6 Å². The van der Waals surface area contributed by atoms with E-state index in [0.29, 0.717) is 5.75 Å². The fraction of sp³-hybridized carbons (Fsp3) is 0.333. The number of benzene rings is 2. The van der Waals surface area contributed by atoms with Gasteiger partial charge in [-0.1, -0.05) is 18.2 Å². The molecule has 154 valence electrons. The first-order valence-electron chi connectivity index (χ1n) is 9.21. The largest absolute Gasteiger partial charge is 0.482 e. The maximum atomic E-state index is 12.4. The molecule has 0 bridgehead atoms. The summed E-state index contributed by atoms with van der Waals surface area (Å²) in [5, 5.41) is 2.41. The van der Waals surface area contributed by atoms with Gasteiger partial charge < -0.3 is 19.5 Å². The number of rotatable bonds is 8. The normalized spacial score (nSPS) is 13.5. The van der Waals surface area contributed by atoms with Crippen molar-refractivity contribution in [1.82, 2.24) is 0 Å². The van der Waals surface area contributed by atoms with Crippen LogP contribution in [0.4, 0.5) is 14.5 Å². The summed E-state index contributed by atoms with van der Waals surface area (Å²) in [6.07, 6.45) is 2.00. The second-order valence-electron chi connectivity index (χ2n) is 6.57. The van der Waals surface area contributed by atoms with Crippen molar-refractivity contribution in [3.8, 4) is 11.5 Å². The Balaban J connectivity index is 1.50. The molecule has 0 aromatic heterocycles. The molecule has 1 aliphatic rings. The number of carbonyl (C=O) groups excluding carboxylic acids is 2. The number of hydrogen-bond donors (Lipinski definition) is 1. The lowest BCUT2D eigenvalue weighted by atomic mass is 10.1. The fourth-order valence-corrected chi connectivity index (χ4v) is 3.07. The van der Waals surface area contributed by atoms with Crippen LogP contribution < -0.4 is 14.8 Å². The molecule has 1 atom stereocenters. The third kappa shape index (κ3) is 5.66. The Kier molecular flexibility index (Phi) is 6.64. The van der Waals surface area contributed by atoms with E-state index in [9.17, 15) is 18.4 Å². The highest BCUT2D eigenvalue weighted by Gasteiger charge is 2.20. The van der Waals surface area contributed by atoms with Crippen molar-refractivity contribution in [1.29, 1.82) is 0 Å². The van der Waals surface area contributed by atoms with E-state index in [1.165, 1.54) is 36.2 Å². The van der Waals surface area contributed by atoms with Gasteiger partial charge in [-0.3, -0.25) is 4.79 Å². The molecule has 2 aromatic carbocycles. The molecule has 1 N–H and O–H groups in total. The van der Waals surface area contributed by atoms with Crippen LogP contribution in [0.5, 0.6) is 11.5 Å². The number of ether oxygens (including phenoxy) is 3. The van der Waals surface area contributed by atoms with Crippen LogP contribution in [0.1, 0.15) is 24.5 Å². The zero-order chi connectivity index (χ0) is 20.8. The maximum absolute atomic E-state index is 12.4. The van der Waals surface area contributed by atoms with Crippen molar-refractivity contribution in [2.75, 3.05) is 11.9 Å². The summed E-state index contributed by atoms with van der Waals surface area (Å²) < 4.78 is 39.7. The highest BCUT2D eigenvalue weighted by Crippen LogP contribution is 2.27. The van der Waals surface area contributed by atoms with E-state index in [-0.39, 0.29) is 18.0 Å². The molecule has 0 fully saturated rings. The van der Waals surface area contributed by atoms with Crippen LogP contribution in [0.25, 0.3) is 0 Å². The second kappa shape index (κ2) is 9.36. The number of alkyl halides is 2. The third-order valence-corrected chi connectivity index (χ3v) is 4.47. The van der Waals surface area contributed by atoms with Crippen molar-refractivity contribution in [3.63, 3.8) is 0 Å². The van der Waals surface area contributed by atoms with Crippen LogP contribution in [0, 0.1) is 0 Å². The molecule has 29 heavy (non-hydrogen) atoms. The summed E-state index contributed by atoms with van der Waals surface area (Å²) in [4.78, 5) is 24.2. The Morgan fingerprint density at radius 1 is 1.10 bits per heavy atom. The lowest BCUT2D eigenvalue weighted by Gasteiger charge is -2.16. The number of nitrogens with one attached hydrogen (secondary N) is 1. The Labute approximate surface area is 166 Å². The van der Waals surface area contributed by atoms with Crippen LogP contribution in [-0.4, -0.2) is 31.2 Å². The number of fused-ring (bicyclic) bond motifs is 1. The summed E-state index contributed by atoms with van der Waals surface area (Å²) in [5.74, 6) is -1.02. The van der Waals surface area contributed by atoms with Crippen molar-refractivity contribution < 1.29 is 32.6 Å². The van der Waals surface area contributed by atoms with E-state index in [2.05, 4.69) is 10.1 Å². The van der Waals surface area contributed by atoms with Gasteiger partial charge in [-0.15, -0.1) is 0 Å². The molecule has 0 aliphatic heterocycles. The molecule has 3 rings (SSSR count). The molecule has 2 aromatic rings. The summed E-state index contributed by atoms with van der Waals surface area (Å²) in [6, 6.07) is 11.4. The van der Waals surface area contributed by atoms with E-state index in [0.717, 1.165) is 19.3 Å². The summed E-state index contributed by atoms with van der Waals surface area (Å²) in [7, 11) is 0. The van der Waals surface area contributed by atoms with Crippen molar-refractivity contribution in [3.05, 3.63) is 53.6 Å². The molecule has 0 saturated carbocycles. The van der Waals surface area contributed by atoms with Crippen molar-refractivity contribution >= 4 is 17.6 Å². The van der Waals surface area contributed by atoms with Gasteiger partial charge in [0.05, 0.1) is 5.69 Å². The molecular weight excluding hydrogens is 384 g/mol. The number of aryl methyl sites for hydroxylation is 2. The number of halogens is 2. The lowest BCUT2D eigenvalue weighted by Crippen LogP contribution is -2.31. The minimum atomic E-state index is -3.03. The Morgan fingerprint density at radius 2 is 1.86 bits per heavy atom. The monoisotopic (exact) mass is 405 g/mol. The molecule has 0 saturated heterocycles. The summed E-state index contributed by atoms with van der Waals surface area (Å²) in [6.45, 7) is -2.00. The summed E-state index contributed by atoms with van der Waals surface area (Å²) >= 11 is 0. The molecule has 6 nitrogen and oxygen atoms in total. The van der Waals surface area contributed by atoms with Gasteiger partial charge >= 0.3 is 12.6 Å². The van der Waals surface area contributed by atoms with Crippen LogP contribution in [-0.2, 0) is 27.2 Å². The third-order valence-electron chi connectivity index (χ3n) is 4.47. The standard InChI is InChI=1S/C21H21F2NO5/c1-13(20(26)24-17-7-2-3-8-18(17)29-21(22)23)28-19(25)12-27-16-10-9-14-5-4-6-15(14)11-16/h2-3,7-11,13,21H,4-6,12H2,1H3,(H,24,26). The van der Waals surface area contributed by atoms with E-state index >= 15 is 0 Å². The van der Waals surface area contributed by atoms with E-state index in [1.807, 2.05) is 12.1 Å². The van der Waals surface area contributed by atoms with E-state index in [4.69, 9.17) is 9.47 Å². The Morgan fingerprint density at radius 3 is 2.66 bits per heavy atom. The van der Waals surface area contributed by atoms with Crippen molar-refractivity contribution in [2.24, 2.45) is 0 Å². The van der Waals surface area contributed by atoms with Crippen LogP contribution in [0.2, 0.25) is 0 Å². The van der Waals surface area contributed by atoms with Gasteiger partial charge in [0.1, 0.15) is 11.5 Å². The van der Waals surface area contributed by atoms with Gasteiger partial charge in [0, 0.05) is 0 Å². The summed E-state index contributed by atoms with van der Waals surface area (Å²) in [5.41, 5.74) is 2.56. The average molecular weight is 405 g/mol. The zero-order valence-corrected chi connectivity index (χ0v) is 15.8. The number of esters is 1. The maximum Gasteiger partial charge on any atom is 0.387 e. The van der Waals surface area contributed by atoms with Crippen LogP contribution in [0.15, 0.2) is 42.5 Å². The van der Waals surface area contributed by atoms with E-state index in [1.54, 1.807) is 12.1 Å². The molecule has 0 heterocycles. The zero-order valence-electron chi connectivity index (χ0n) is 15.8. The van der Waals surface area contributed by atoms with Gasteiger partial charge in [0.25, 0.3) is 5.91 Å². The van der Waals surface area contributed by atoms with Crippen molar-refractivity contribution in [2.45, 2.75) is 38.9 Å². The number of anilines is 1. The Bertz CT molecular complexity index is 887. The average Bonchev–Trinajstić information content (AvgIpc) is 3.15. The number of hydrogen-bond acceptors (Lipinski definition) is 5. The minimum Gasteiger partial charge on any atom is -0.482 e. The molecular formula is C21H21F2NO5. The minimum absolute atomic E-state index is 0.0510. The number of carbonyl (C=O) groups is 2. The SMILES string of the molecule is CC(OC(=O)COc1ccc2c(c1)CCC2)C(=O)Nc1ccccc1OC(F)F. The Hall–Kier alpha value is -3.16. The highest BCUT2D eigenvalue weighted by molar-refractivity contribution is 5.96. The first kappa shape index (κ1) is 20.6. The molecule has 0 spiro atoms. The first-order chi connectivity index (χ1) is 13.9. The molecule has 1 unspecified atom stereocenters. The van der Waals surface area contributed by atoms with Crippen LogP contribution in [0.3, 0.4) is 0 Å². The molecule has 0 radical (unpaired) electrons. The van der Waals surface area contributed by atoms with E-state index < -0.39 is 24.6 Å². The predicted molar refractivity (Wildman–Crippen MR) is 101 cm³/mol. The lowest BCUT2D eigenvalue weighted by molar-refractivity contribution is -0.155. The molecule has 1 amide bonds. The first-order valence-corrected chi connectivity index (χ1v) is 9.21. The number of amides is 1. The number of para-hydroxylation sites is 2. The quantitative estimate of drug-likeness (QED) is 0.678. The second-order valence-corrected chi connectivity index (χ2v) is 6.57. The topological polar surface area (TPSA) is 73.9 Å². The fourth-order valence-electron chi connectivity index (χ4n) is 3.07.